The molecule has 20 heteroatoms. The Hall–Kier alpha value is -5.63. The van der Waals surface area contributed by atoms with Crippen LogP contribution < -0.4 is 16.0 Å². The van der Waals surface area contributed by atoms with Gasteiger partial charge in [0.15, 0.2) is 5.12 Å². The molecule has 0 aromatic heterocycles. The third-order valence-corrected chi connectivity index (χ3v) is 9.09. The second kappa shape index (κ2) is 18.6. The monoisotopic (exact) mass is 742 g/mol. The Morgan fingerprint density at radius 2 is 1.42 bits per heavy atom. The first-order chi connectivity index (χ1) is 24.8. The largest absolute Gasteiger partial charge is 0.444 e. The lowest BCUT2D eigenvalue weighted by Gasteiger charge is -2.35. The number of likely N-dealkylation sites (tertiary alicyclic amines) is 2. The van der Waals surface area contributed by atoms with Crippen molar-refractivity contribution in [3.8, 4) is 0 Å². The summed E-state index contributed by atoms with van der Waals surface area (Å²) in [7, 11) is 1.85. The molecule has 0 bridgehead atoms. The zero-order valence-corrected chi connectivity index (χ0v) is 29.2. The zero-order chi connectivity index (χ0) is 37.8. The van der Waals surface area contributed by atoms with E-state index in [1.54, 1.807) is 4.90 Å². The third kappa shape index (κ3) is 12.0. The lowest BCUT2D eigenvalue weighted by molar-refractivity contribution is -0.385. The molecule has 1 unspecified atom stereocenters. The van der Waals surface area contributed by atoms with Gasteiger partial charge in [-0.2, -0.15) is 0 Å². The van der Waals surface area contributed by atoms with Crippen LogP contribution in [0.5, 0.6) is 0 Å². The molecule has 2 saturated heterocycles. The van der Waals surface area contributed by atoms with Crippen LogP contribution in [0.25, 0.3) is 0 Å². The van der Waals surface area contributed by atoms with E-state index in [-0.39, 0.29) is 59.5 Å². The van der Waals surface area contributed by atoms with Crippen molar-refractivity contribution in [2.45, 2.75) is 56.7 Å². The number of likely N-dealkylation sites (N-methyl/N-ethyl adjacent to an activating group) is 1. The molecule has 2 heterocycles. The van der Waals surface area contributed by atoms with Gasteiger partial charge in [-0.25, -0.2) is 14.6 Å². The van der Waals surface area contributed by atoms with Crippen LogP contribution in [-0.2, 0) is 37.1 Å². The second-order valence-corrected chi connectivity index (χ2v) is 13.5. The first kappa shape index (κ1) is 39.2. The number of thioether (sulfide) groups is 1. The summed E-state index contributed by atoms with van der Waals surface area (Å²) in [6.45, 7) is 1.81. The van der Waals surface area contributed by atoms with Gasteiger partial charge in [-0.05, 0) is 61.7 Å². The number of non-ortho nitro benzene ring substituents is 2. The number of nitro groups is 2. The Kier molecular flexibility index (Phi) is 14.0. The van der Waals surface area contributed by atoms with Gasteiger partial charge in [0.2, 0.25) is 17.8 Å². The van der Waals surface area contributed by atoms with Crippen LogP contribution >= 0.6 is 11.8 Å². The number of guanidine groups is 1. The Labute approximate surface area is 301 Å². The summed E-state index contributed by atoms with van der Waals surface area (Å²) >= 11 is 1.23. The molecule has 0 aliphatic carbocycles. The van der Waals surface area contributed by atoms with E-state index in [9.17, 15) is 44.2 Å². The standard InChI is InChI=1S/C32H38N8O11S/c1-20(41)52-26-14-27(37(2)17-26)29(43)38-13-3-4-23(16-38)34-28(42)15-33-30(35-31(44)50-18-21-5-9-24(10-6-21)39(46)47)36-32(45)51-19-22-7-11-25(12-8-22)40(48)49/h5-12,23,26-27H,3-4,13-19H2,1-2H3,(H,34,42)(H2,33,35,36,44,45)/t23?,26-,27-/m0/s1. The van der Waals surface area contributed by atoms with Crippen LogP contribution in [0.4, 0.5) is 21.0 Å². The molecule has 4 amide bonds. The van der Waals surface area contributed by atoms with E-state index in [1.165, 1.54) is 67.2 Å². The van der Waals surface area contributed by atoms with Crippen molar-refractivity contribution in [2.24, 2.45) is 4.99 Å². The van der Waals surface area contributed by atoms with Crippen LogP contribution in [0.1, 0.15) is 37.3 Å². The minimum atomic E-state index is -1.07. The number of nitro benzene ring substituents is 2. The molecule has 52 heavy (non-hydrogen) atoms. The van der Waals surface area contributed by atoms with E-state index >= 15 is 0 Å². The highest BCUT2D eigenvalue weighted by Crippen LogP contribution is 2.28. The zero-order valence-electron chi connectivity index (χ0n) is 28.3. The van der Waals surface area contributed by atoms with E-state index < -0.39 is 40.4 Å². The van der Waals surface area contributed by atoms with E-state index in [0.717, 1.165) is 0 Å². The van der Waals surface area contributed by atoms with Crippen molar-refractivity contribution in [3.63, 3.8) is 0 Å². The first-order valence-electron chi connectivity index (χ1n) is 16.1. The van der Waals surface area contributed by atoms with Crippen LogP contribution in [0.3, 0.4) is 0 Å². The number of nitrogens with zero attached hydrogens (tertiary/aromatic N) is 5. The van der Waals surface area contributed by atoms with E-state index in [2.05, 4.69) is 20.9 Å². The molecule has 0 spiro atoms. The number of ether oxygens (including phenoxy) is 2. The highest BCUT2D eigenvalue weighted by Gasteiger charge is 2.38. The van der Waals surface area contributed by atoms with Gasteiger partial charge in [0.25, 0.3) is 11.4 Å². The lowest BCUT2D eigenvalue weighted by Crippen LogP contribution is -2.53. The van der Waals surface area contributed by atoms with Crippen molar-refractivity contribution in [2.75, 3.05) is 33.2 Å². The van der Waals surface area contributed by atoms with Crippen LogP contribution in [0, 0.1) is 20.2 Å². The number of aliphatic imine (C=N–C) groups is 1. The van der Waals surface area contributed by atoms with E-state index in [1.807, 2.05) is 11.9 Å². The number of rotatable bonds is 11. The normalized spacial score (nSPS) is 18.4. The van der Waals surface area contributed by atoms with Gasteiger partial charge in [0.05, 0.1) is 15.9 Å². The molecule has 2 aromatic carbocycles. The molecule has 278 valence electrons. The van der Waals surface area contributed by atoms with Crippen molar-refractivity contribution in [1.29, 1.82) is 0 Å². The van der Waals surface area contributed by atoms with Crippen LogP contribution in [0.15, 0.2) is 53.5 Å². The van der Waals surface area contributed by atoms with Gasteiger partial charge >= 0.3 is 12.2 Å². The van der Waals surface area contributed by atoms with Crippen LogP contribution in [-0.4, -0.2) is 105 Å². The van der Waals surface area contributed by atoms with E-state index in [0.29, 0.717) is 43.5 Å². The summed E-state index contributed by atoms with van der Waals surface area (Å²) in [5.74, 6) is -1.11. The van der Waals surface area contributed by atoms with Gasteiger partial charge in [0, 0.05) is 62.1 Å². The Bertz CT molecular complexity index is 1610. The summed E-state index contributed by atoms with van der Waals surface area (Å²) < 4.78 is 10.3. The predicted octanol–water partition coefficient (Wildman–Crippen LogP) is 2.47. The molecular formula is C32H38N8O11S. The number of alkyl carbamates (subject to hydrolysis) is 2. The van der Waals surface area contributed by atoms with Crippen molar-refractivity contribution in [3.05, 3.63) is 79.9 Å². The molecule has 0 saturated carbocycles. The fourth-order valence-electron chi connectivity index (χ4n) is 5.59. The van der Waals surface area contributed by atoms with Gasteiger partial charge in [-0.3, -0.25) is 50.1 Å². The van der Waals surface area contributed by atoms with Gasteiger partial charge in [-0.15, -0.1) is 0 Å². The molecule has 2 fully saturated rings. The number of carbonyl (C=O) groups is 5. The van der Waals surface area contributed by atoms with Crippen molar-refractivity contribution >= 4 is 58.2 Å². The molecule has 2 aliphatic rings. The maximum Gasteiger partial charge on any atom is 0.414 e. The Morgan fingerprint density at radius 1 is 0.885 bits per heavy atom. The maximum atomic E-state index is 13.4. The molecule has 4 rings (SSSR count). The Balaban J connectivity index is 1.34. The minimum absolute atomic E-state index is 0.00161. The first-order valence-corrected chi connectivity index (χ1v) is 17.0. The van der Waals surface area contributed by atoms with Crippen LogP contribution in [0.2, 0.25) is 0 Å². The number of amides is 4. The number of piperidine rings is 1. The minimum Gasteiger partial charge on any atom is -0.444 e. The molecule has 0 radical (unpaired) electrons. The highest BCUT2D eigenvalue weighted by molar-refractivity contribution is 8.14. The van der Waals surface area contributed by atoms with E-state index in [4.69, 9.17) is 9.47 Å². The summed E-state index contributed by atoms with van der Waals surface area (Å²) in [6.07, 6.45) is -0.337. The summed E-state index contributed by atoms with van der Waals surface area (Å²) in [6, 6.07) is 9.81. The lowest BCUT2D eigenvalue weighted by atomic mass is 10.0. The molecule has 2 aromatic rings. The van der Waals surface area contributed by atoms with Gasteiger partial charge in [0.1, 0.15) is 19.8 Å². The molecule has 19 nitrogen and oxygen atoms in total. The average molecular weight is 743 g/mol. The molecular weight excluding hydrogens is 704 g/mol. The van der Waals surface area contributed by atoms with Crippen molar-refractivity contribution in [1.82, 2.24) is 25.8 Å². The number of hydrogen-bond acceptors (Lipinski definition) is 14. The summed E-state index contributed by atoms with van der Waals surface area (Å²) in [5.41, 5.74) is 0.571. The fraction of sp³-hybridized carbons (Fsp3) is 0.438. The van der Waals surface area contributed by atoms with Gasteiger partial charge in [-0.1, -0.05) is 11.8 Å². The summed E-state index contributed by atoms with van der Waals surface area (Å²) in [4.78, 5) is 91.3. The number of hydrogen-bond donors (Lipinski definition) is 3. The molecule has 3 atom stereocenters. The quantitative estimate of drug-likeness (QED) is 0.130. The number of carbonyl (C=O) groups excluding carboxylic acids is 5. The number of benzene rings is 2. The number of nitrogens with one attached hydrogen (secondary N) is 3. The SMILES string of the molecule is CC(=O)S[C@H]1C[C@@H](C(=O)N2CCCC(NC(=O)CN=C(NC(=O)OCc3ccc([N+](=O)[O-])cc3)NC(=O)OCc3ccc([N+](=O)[O-])cc3)C2)N(C)C1. The van der Waals surface area contributed by atoms with Crippen molar-refractivity contribution < 1.29 is 43.3 Å². The highest BCUT2D eigenvalue weighted by atomic mass is 32.2. The molecule has 2 aliphatic heterocycles. The third-order valence-electron chi connectivity index (χ3n) is 8.08. The Morgan fingerprint density at radius 3 is 1.92 bits per heavy atom. The smallest absolute Gasteiger partial charge is 0.414 e. The second-order valence-electron chi connectivity index (χ2n) is 12.0. The molecule has 3 N–H and O–H groups in total. The fourth-order valence-corrected chi connectivity index (χ4v) is 6.65. The van der Waals surface area contributed by atoms with Gasteiger partial charge < -0.3 is 19.7 Å². The maximum absolute atomic E-state index is 13.4. The topological polar surface area (TPSA) is 245 Å². The summed E-state index contributed by atoms with van der Waals surface area (Å²) in [5, 5.41) is 29.1. The predicted molar refractivity (Wildman–Crippen MR) is 186 cm³/mol. The average Bonchev–Trinajstić information content (AvgIpc) is 3.47.